The third-order valence-electron chi connectivity index (χ3n) is 5.34. The predicted octanol–water partition coefficient (Wildman–Crippen LogP) is 4.84. The number of unbranched alkanes of at least 4 members (excludes halogenated alkanes) is 2. The van der Waals surface area contributed by atoms with Crippen molar-refractivity contribution in [2.24, 2.45) is 5.92 Å². The van der Waals surface area contributed by atoms with Gasteiger partial charge in [0.05, 0.1) is 15.5 Å². The molecule has 0 bridgehead atoms. The molecule has 1 aliphatic rings. The molecule has 0 saturated carbocycles. The van der Waals surface area contributed by atoms with E-state index in [9.17, 15) is 26.4 Å². The number of carbonyl (C=O) groups is 1. The van der Waals surface area contributed by atoms with Crippen LogP contribution in [0, 0.1) is 5.92 Å². The summed E-state index contributed by atoms with van der Waals surface area (Å²) in [5, 5.41) is 2.43. The van der Waals surface area contributed by atoms with E-state index in [1.807, 2.05) is 6.92 Å². The Morgan fingerprint density at radius 1 is 1.27 bits per heavy atom. The van der Waals surface area contributed by atoms with Crippen LogP contribution >= 0.6 is 11.6 Å². The molecule has 30 heavy (non-hydrogen) atoms. The molecule has 5 nitrogen and oxygen atoms in total. The Morgan fingerprint density at radius 2 is 1.90 bits per heavy atom. The summed E-state index contributed by atoms with van der Waals surface area (Å²) in [6.45, 7) is 4.22. The van der Waals surface area contributed by atoms with Gasteiger partial charge in [0.2, 0.25) is 15.9 Å². The van der Waals surface area contributed by atoms with Gasteiger partial charge in [-0.3, -0.25) is 4.79 Å². The molecule has 1 unspecified atom stereocenters. The Morgan fingerprint density at radius 3 is 2.47 bits per heavy atom. The number of sulfonamides is 1. The molecule has 0 aromatic heterocycles. The average Bonchev–Trinajstić information content (AvgIpc) is 2.67. The number of benzene rings is 1. The van der Waals surface area contributed by atoms with E-state index in [1.165, 1.54) is 0 Å². The Kier molecular flexibility index (Phi) is 8.59. The lowest BCUT2D eigenvalue weighted by Crippen LogP contribution is -2.44. The van der Waals surface area contributed by atoms with Gasteiger partial charge in [-0.15, -0.1) is 0 Å². The summed E-state index contributed by atoms with van der Waals surface area (Å²) >= 11 is 5.58. The fraction of sp³-hybridized carbons (Fsp3) is 0.650. The predicted molar refractivity (Wildman–Crippen MR) is 110 cm³/mol. The van der Waals surface area contributed by atoms with Crippen LogP contribution in [-0.4, -0.2) is 37.8 Å². The first kappa shape index (κ1) is 24.9. The smallest absolute Gasteiger partial charge is 0.353 e. The average molecular weight is 469 g/mol. The molecule has 1 aliphatic heterocycles. The van der Waals surface area contributed by atoms with Crippen molar-refractivity contribution in [2.75, 3.05) is 13.1 Å². The highest BCUT2D eigenvalue weighted by Gasteiger charge is 2.37. The molecule has 1 atom stereocenters. The quantitative estimate of drug-likeness (QED) is 0.555. The molecule has 1 aromatic rings. The summed E-state index contributed by atoms with van der Waals surface area (Å²) in [4.78, 5) is 12.0. The maximum Gasteiger partial charge on any atom is 0.417 e. The van der Waals surface area contributed by atoms with E-state index in [-0.39, 0.29) is 31.0 Å². The minimum absolute atomic E-state index is 0.0562. The van der Waals surface area contributed by atoms with Gasteiger partial charge >= 0.3 is 6.18 Å². The van der Waals surface area contributed by atoms with Gasteiger partial charge in [-0.2, -0.15) is 17.5 Å². The molecule has 1 fully saturated rings. The summed E-state index contributed by atoms with van der Waals surface area (Å²) in [7, 11) is -4.11. The van der Waals surface area contributed by atoms with E-state index in [4.69, 9.17) is 11.6 Å². The Balaban J connectivity index is 2.00. The van der Waals surface area contributed by atoms with Crippen LogP contribution in [-0.2, 0) is 21.0 Å². The number of rotatable bonds is 8. The van der Waals surface area contributed by atoms with Gasteiger partial charge in [0.1, 0.15) is 0 Å². The van der Waals surface area contributed by atoms with E-state index in [2.05, 4.69) is 12.2 Å². The number of nitrogens with zero attached hydrogens (tertiary/aromatic N) is 1. The number of hydrogen-bond acceptors (Lipinski definition) is 3. The first-order chi connectivity index (χ1) is 14.0. The van der Waals surface area contributed by atoms with Gasteiger partial charge in [0, 0.05) is 25.0 Å². The lowest BCUT2D eigenvalue weighted by atomic mass is 9.96. The number of amides is 1. The normalized spacial score (nSPS) is 17.7. The van der Waals surface area contributed by atoms with E-state index >= 15 is 0 Å². The summed E-state index contributed by atoms with van der Waals surface area (Å²) < 4.78 is 65.9. The zero-order valence-electron chi connectivity index (χ0n) is 17.1. The van der Waals surface area contributed by atoms with Gasteiger partial charge in [0.25, 0.3) is 0 Å². The second-order valence-electron chi connectivity index (χ2n) is 7.72. The zero-order valence-corrected chi connectivity index (χ0v) is 18.7. The van der Waals surface area contributed by atoms with E-state index in [1.54, 1.807) is 0 Å². The molecule has 1 amide bonds. The van der Waals surface area contributed by atoms with Crippen molar-refractivity contribution in [1.82, 2.24) is 9.62 Å². The van der Waals surface area contributed by atoms with Gasteiger partial charge < -0.3 is 5.32 Å². The first-order valence-electron chi connectivity index (χ1n) is 10.1. The molecule has 170 valence electrons. The van der Waals surface area contributed by atoms with Crippen molar-refractivity contribution >= 4 is 27.5 Å². The molecule has 1 saturated heterocycles. The fourth-order valence-corrected chi connectivity index (χ4v) is 5.24. The molecule has 1 aromatic carbocycles. The highest BCUT2D eigenvalue weighted by Crippen LogP contribution is 2.36. The van der Waals surface area contributed by atoms with Crippen LogP contribution in [0.3, 0.4) is 0 Å². The number of halogens is 4. The zero-order chi connectivity index (χ0) is 22.5. The van der Waals surface area contributed by atoms with Crippen molar-refractivity contribution in [3.05, 3.63) is 28.8 Å². The van der Waals surface area contributed by atoms with E-state index in [0.29, 0.717) is 18.9 Å². The van der Waals surface area contributed by atoms with Gasteiger partial charge in [-0.05, 0) is 44.4 Å². The van der Waals surface area contributed by atoms with Crippen molar-refractivity contribution in [3.63, 3.8) is 0 Å². The van der Waals surface area contributed by atoms with Crippen LogP contribution in [0.15, 0.2) is 23.1 Å². The highest BCUT2D eigenvalue weighted by molar-refractivity contribution is 7.89. The van der Waals surface area contributed by atoms with Crippen LogP contribution < -0.4 is 5.32 Å². The molecule has 2 rings (SSSR count). The Hall–Kier alpha value is -1.32. The lowest BCUT2D eigenvalue weighted by molar-refractivity contribution is -0.137. The minimum atomic E-state index is -4.75. The third-order valence-corrected chi connectivity index (χ3v) is 7.56. The molecular formula is C20H28ClF3N2O3S. The van der Waals surface area contributed by atoms with Crippen LogP contribution in [0.5, 0.6) is 0 Å². The Bertz CT molecular complexity index is 838. The molecule has 0 spiro atoms. The SMILES string of the molecule is CCCCCC(C)NC(=O)C1CCN(S(=O)(=O)c2ccc(Cl)c(C(F)(F)F)c2)CC1. The number of carbonyl (C=O) groups excluding carboxylic acids is 1. The monoisotopic (exact) mass is 468 g/mol. The lowest BCUT2D eigenvalue weighted by Gasteiger charge is -2.31. The topological polar surface area (TPSA) is 66.5 Å². The second kappa shape index (κ2) is 10.3. The van der Waals surface area contributed by atoms with Crippen molar-refractivity contribution in [1.29, 1.82) is 0 Å². The van der Waals surface area contributed by atoms with Gasteiger partial charge in [0.15, 0.2) is 0 Å². The van der Waals surface area contributed by atoms with E-state index < -0.39 is 31.7 Å². The summed E-state index contributed by atoms with van der Waals surface area (Å²) in [6.07, 6.45) is 0.0455. The van der Waals surface area contributed by atoms with Crippen molar-refractivity contribution in [2.45, 2.75) is 69.5 Å². The molecule has 0 radical (unpaired) electrons. The van der Waals surface area contributed by atoms with Crippen LogP contribution in [0.25, 0.3) is 0 Å². The van der Waals surface area contributed by atoms with Crippen LogP contribution in [0.4, 0.5) is 13.2 Å². The molecular weight excluding hydrogens is 441 g/mol. The number of nitrogens with one attached hydrogen (secondary N) is 1. The maximum atomic E-state index is 13.1. The van der Waals surface area contributed by atoms with Crippen molar-refractivity contribution < 1.29 is 26.4 Å². The van der Waals surface area contributed by atoms with Crippen LogP contribution in [0.1, 0.15) is 57.9 Å². The minimum Gasteiger partial charge on any atom is -0.353 e. The first-order valence-corrected chi connectivity index (χ1v) is 12.0. The molecule has 1 heterocycles. The summed E-state index contributed by atoms with van der Waals surface area (Å²) in [6, 6.07) is 2.64. The largest absolute Gasteiger partial charge is 0.417 e. The standard InChI is InChI=1S/C20H28ClF3N2O3S/c1-3-4-5-6-14(2)25-19(27)15-9-11-26(12-10-15)30(28,29)16-7-8-18(21)17(13-16)20(22,23)24/h7-8,13-15H,3-6,9-12H2,1-2H3,(H,25,27). The molecule has 0 aliphatic carbocycles. The van der Waals surface area contributed by atoms with Gasteiger partial charge in [-0.25, -0.2) is 8.42 Å². The Labute approximate surface area is 181 Å². The summed E-state index contributed by atoms with van der Waals surface area (Å²) in [5.74, 6) is -0.400. The third kappa shape index (κ3) is 6.34. The number of hydrogen-bond donors (Lipinski definition) is 1. The van der Waals surface area contributed by atoms with Gasteiger partial charge in [-0.1, -0.05) is 37.8 Å². The second-order valence-corrected chi connectivity index (χ2v) is 10.1. The fourth-order valence-electron chi connectivity index (χ4n) is 3.52. The maximum absolute atomic E-state index is 13.1. The molecule has 10 heteroatoms. The van der Waals surface area contributed by atoms with Crippen LogP contribution in [0.2, 0.25) is 5.02 Å². The van der Waals surface area contributed by atoms with E-state index in [0.717, 1.165) is 42.1 Å². The number of alkyl halides is 3. The summed E-state index contributed by atoms with van der Waals surface area (Å²) in [5.41, 5.74) is -1.18. The molecule has 1 N–H and O–H groups in total. The van der Waals surface area contributed by atoms with Crippen molar-refractivity contribution in [3.8, 4) is 0 Å². The highest BCUT2D eigenvalue weighted by atomic mass is 35.5. The number of piperidine rings is 1.